The number of aromatic carboxylic acids is 1. The number of benzene rings is 2. The molecule has 1 aliphatic rings. The van der Waals surface area contributed by atoms with E-state index in [0.29, 0.717) is 5.56 Å². The Morgan fingerprint density at radius 3 is 2.87 bits per heavy atom. The molecule has 1 N–H and O–H groups in total. The van der Waals surface area contributed by atoms with Crippen molar-refractivity contribution in [3.8, 4) is 11.1 Å². The van der Waals surface area contributed by atoms with Crippen LogP contribution >= 0.6 is 15.9 Å². The van der Waals surface area contributed by atoms with E-state index in [1.54, 1.807) is 6.07 Å². The predicted octanol–water partition coefficient (Wildman–Crippen LogP) is 5.52. The van der Waals surface area contributed by atoms with Crippen molar-refractivity contribution in [1.29, 1.82) is 0 Å². The molecule has 0 unspecified atom stereocenters. The van der Waals surface area contributed by atoms with Gasteiger partial charge in [-0.25, -0.2) is 4.79 Å². The molecule has 3 nitrogen and oxygen atoms in total. The molecule has 0 bridgehead atoms. The summed E-state index contributed by atoms with van der Waals surface area (Å²) in [5, 5.41) is 10.6. The van der Waals surface area contributed by atoms with Crippen molar-refractivity contribution >= 4 is 38.9 Å². The molecule has 1 aromatic heterocycles. The molecule has 4 heteroatoms. The number of hydrogen-bond donors (Lipinski definition) is 1. The number of allylic oxidation sites excluding steroid dienone is 1. The van der Waals surface area contributed by atoms with Gasteiger partial charge in [0.2, 0.25) is 0 Å². The molecule has 1 aliphatic carbocycles. The quantitative estimate of drug-likeness (QED) is 0.647. The average Bonchev–Trinajstić information content (AvgIpc) is 2.93. The highest BCUT2D eigenvalue weighted by molar-refractivity contribution is 9.10. The molecule has 2 aromatic carbocycles. The molecule has 0 amide bonds. The number of carbonyl (C=O) groups is 1. The molecule has 0 spiro atoms. The van der Waals surface area contributed by atoms with Crippen LogP contribution in [-0.4, -0.2) is 11.1 Å². The zero-order valence-electron chi connectivity index (χ0n) is 12.2. The Hall–Kier alpha value is -2.33. The van der Waals surface area contributed by atoms with E-state index >= 15 is 0 Å². The summed E-state index contributed by atoms with van der Waals surface area (Å²) >= 11 is 3.34. The number of rotatable bonds is 2. The van der Waals surface area contributed by atoms with Crippen LogP contribution in [0, 0.1) is 0 Å². The van der Waals surface area contributed by atoms with Gasteiger partial charge in [-0.05, 0) is 24.1 Å². The monoisotopic (exact) mass is 368 g/mol. The summed E-state index contributed by atoms with van der Waals surface area (Å²) in [7, 11) is 0. The number of halogens is 1. The van der Waals surface area contributed by atoms with Crippen LogP contribution in [0.5, 0.6) is 0 Å². The molecule has 0 aliphatic heterocycles. The lowest BCUT2D eigenvalue weighted by atomic mass is 9.96. The Labute approximate surface area is 141 Å². The van der Waals surface area contributed by atoms with E-state index in [1.807, 2.05) is 30.3 Å². The van der Waals surface area contributed by atoms with E-state index in [9.17, 15) is 9.90 Å². The van der Waals surface area contributed by atoms with Crippen molar-refractivity contribution < 1.29 is 14.3 Å². The summed E-state index contributed by atoms with van der Waals surface area (Å²) in [5.74, 6) is 0.0263. The van der Waals surface area contributed by atoms with Crippen LogP contribution in [0.4, 0.5) is 0 Å². The average molecular weight is 369 g/mol. The van der Waals surface area contributed by atoms with Crippen LogP contribution in [0.15, 0.2) is 51.4 Å². The van der Waals surface area contributed by atoms with E-state index in [4.69, 9.17) is 4.42 Å². The Kier molecular flexibility index (Phi) is 3.34. The first kappa shape index (κ1) is 14.3. The van der Waals surface area contributed by atoms with E-state index in [0.717, 1.165) is 45.2 Å². The molecule has 1 heterocycles. The van der Waals surface area contributed by atoms with Crippen molar-refractivity contribution in [1.82, 2.24) is 0 Å². The van der Waals surface area contributed by atoms with Crippen molar-refractivity contribution in [3.63, 3.8) is 0 Å². The third kappa shape index (κ3) is 2.30. The third-order valence-electron chi connectivity index (χ3n) is 4.16. The summed E-state index contributed by atoms with van der Waals surface area (Å²) in [5.41, 5.74) is 3.62. The minimum Gasteiger partial charge on any atom is -0.478 e. The zero-order valence-corrected chi connectivity index (χ0v) is 13.8. The summed E-state index contributed by atoms with van der Waals surface area (Å²) in [6, 6.07) is 11.2. The fourth-order valence-corrected chi connectivity index (χ4v) is 3.47. The van der Waals surface area contributed by atoms with Gasteiger partial charge in [0.15, 0.2) is 0 Å². The van der Waals surface area contributed by atoms with E-state index < -0.39 is 5.97 Å². The zero-order chi connectivity index (χ0) is 16.0. The van der Waals surface area contributed by atoms with Gasteiger partial charge in [-0.1, -0.05) is 52.3 Å². The molecule has 0 saturated heterocycles. The fraction of sp³-hybridized carbons (Fsp3) is 0.105. The van der Waals surface area contributed by atoms with Gasteiger partial charge in [-0.2, -0.15) is 0 Å². The molecule has 0 atom stereocenters. The van der Waals surface area contributed by atoms with Crippen molar-refractivity contribution in [2.45, 2.75) is 12.8 Å². The lowest BCUT2D eigenvalue weighted by molar-refractivity contribution is 0.0697. The minimum absolute atomic E-state index is 0.261. The molecule has 23 heavy (non-hydrogen) atoms. The van der Waals surface area contributed by atoms with Gasteiger partial charge in [0, 0.05) is 27.4 Å². The van der Waals surface area contributed by atoms with Crippen molar-refractivity contribution in [3.05, 3.63) is 63.8 Å². The first-order chi connectivity index (χ1) is 11.1. The summed E-state index contributed by atoms with van der Waals surface area (Å²) in [6.07, 6.45) is 6.09. The van der Waals surface area contributed by atoms with Crippen LogP contribution in [0.3, 0.4) is 0 Å². The number of fused-ring (bicyclic) bond motifs is 3. The maximum absolute atomic E-state index is 11.6. The van der Waals surface area contributed by atoms with Gasteiger partial charge in [0.1, 0.15) is 11.3 Å². The Bertz CT molecular complexity index is 966. The number of furan rings is 1. The van der Waals surface area contributed by atoms with E-state index in [-0.39, 0.29) is 5.56 Å². The normalized spacial score (nSPS) is 13.3. The predicted molar refractivity (Wildman–Crippen MR) is 93.7 cm³/mol. The second-order valence-electron chi connectivity index (χ2n) is 5.56. The molecule has 4 rings (SSSR count). The second kappa shape index (κ2) is 5.39. The molecule has 0 radical (unpaired) electrons. The van der Waals surface area contributed by atoms with Crippen LogP contribution in [0.1, 0.15) is 28.1 Å². The first-order valence-corrected chi connectivity index (χ1v) is 8.18. The van der Waals surface area contributed by atoms with Crippen LogP contribution in [0.2, 0.25) is 0 Å². The molecule has 0 fully saturated rings. The fourth-order valence-electron chi connectivity index (χ4n) is 3.11. The van der Waals surface area contributed by atoms with Gasteiger partial charge >= 0.3 is 5.97 Å². The third-order valence-corrected chi connectivity index (χ3v) is 4.65. The maximum atomic E-state index is 11.6. The minimum atomic E-state index is -0.950. The van der Waals surface area contributed by atoms with Gasteiger partial charge in [-0.15, -0.1) is 0 Å². The van der Waals surface area contributed by atoms with Crippen molar-refractivity contribution in [2.75, 3.05) is 0 Å². The number of hydrogen-bond acceptors (Lipinski definition) is 2. The number of carboxylic acids is 1. The Morgan fingerprint density at radius 2 is 2.04 bits per heavy atom. The highest BCUT2D eigenvalue weighted by atomic mass is 79.9. The lowest BCUT2D eigenvalue weighted by Crippen LogP contribution is -1.99. The van der Waals surface area contributed by atoms with Gasteiger partial charge in [0.05, 0.1) is 5.56 Å². The summed E-state index contributed by atoms with van der Waals surface area (Å²) in [6.45, 7) is 0. The van der Waals surface area contributed by atoms with E-state index in [2.05, 4.69) is 28.1 Å². The van der Waals surface area contributed by atoms with Gasteiger partial charge < -0.3 is 9.52 Å². The summed E-state index contributed by atoms with van der Waals surface area (Å²) < 4.78 is 6.83. The smallest absolute Gasteiger partial charge is 0.336 e. The van der Waals surface area contributed by atoms with Crippen LogP contribution < -0.4 is 0 Å². The van der Waals surface area contributed by atoms with Gasteiger partial charge in [0.25, 0.3) is 0 Å². The molecular weight excluding hydrogens is 356 g/mol. The second-order valence-corrected chi connectivity index (χ2v) is 6.47. The molecule has 114 valence electrons. The first-order valence-electron chi connectivity index (χ1n) is 7.39. The number of para-hydroxylation sites is 1. The highest BCUT2D eigenvalue weighted by Crippen LogP contribution is 2.38. The van der Waals surface area contributed by atoms with Gasteiger partial charge in [-0.3, -0.25) is 0 Å². The number of carboxylic acid groups (broad SMARTS) is 1. The highest BCUT2D eigenvalue weighted by Gasteiger charge is 2.20. The SMILES string of the molecule is O=C(O)c1cc(Br)ccc1-c1cccc2c3c(oc12)CCC=C3. The lowest BCUT2D eigenvalue weighted by Gasteiger charge is -2.07. The Morgan fingerprint density at radius 1 is 1.17 bits per heavy atom. The molecular formula is C19H13BrO3. The topological polar surface area (TPSA) is 50.4 Å². The molecule has 0 saturated carbocycles. The largest absolute Gasteiger partial charge is 0.478 e. The summed E-state index contributed by atoms with van der Waals surface area (Å²) in [4.78, 5) is 11.6. The van der Waals surface area contributed by atoms with Crippen molar-refractivity contribution in [2.24, 2.45) is 0 Å². The number of aryl methyl sites for hydroxylation is 1. The van der Waals surface area contributed by atoms with E-state index in [1.165, 1.54) is 0 Å². The molecule has 3 aromatic rings. The Balaban J connectivity index is 2.02. The van der Waals surface area contributed by atoms with Crippen LogP contribution in [-0.2, 0) is 6.42 Å². The standard InChI is InChI=1S/C19H13BrO3/c20-11-8-9-12(16(10-11)19(21)22)14-5-3-6-15-13-4-1-2-7-17(13)23-18(14)15/h1,3-6,8-10H,2,7H2,(H,21,22). The maximum Gasteiger partial charge on any atom is 0.336 e. The van der Waals surface area contributed by atoms with Crippen LogP contribution in [0.25, 0.3) is 28.2 Å².